The first-order valence-electron chi connectivity index (χ1n) is 5.07. The fourth-order valence-corrected chi connectivity index (χ4v) is 4.30. The number of fused-ring (bicyclic) bond motifs is 2. The van der Waals surface area contributed by atoms with Gasteiger partial charge in [-0.1, -0.05) is 29.3 Å². The van der Waals surface area contributed by atoms with Gasteiger partial charge in [-0.3, -0.25) is 0 Å². The normalized spacial score (nSPS) is 41.9. The van der Waals surface area contributed by atoms with Crippen LogP contribution in [0.1, 0.15) is 12.8 Å². The Hall–Kier alpha value is 0.600. The molecule has 16 heavy (non-hydrogen) atoms. The lowest BCUT2D eigenvalue weighted by molar-refractivity contribution is 0.116. The quantitative estimate of drug-likeness (QED) is 0.428. The van der Waals surface area contributed by atoms with Gasteiger partial charge in [-0.15, -0.1) is 29.8 Å². The fourth-order valence-electron chi connectivity index (χ4n) is 2.46. The first kappa shape index (κ1) is 13.0. The van der Waals surface area contributed by atoms with E-state index in [2.05, 4.69) is 6.58 Å². The van der Waals surface area contributed by atoms with Crippen molar-refractivity contribution in [1.29, 1.82) is 0 Å². The van der Waals surface area contributed by atoms with Crippen molar-refractivity contribution >= 4 is 46.4 Å². The highest BCUT2D eigenvalue weighted by Crippen LogP contribution is 2.65. The van der Waals surface area contributed by atoms with Crippen LogP contribution < -0.4 is 0 Å². The molecule has 0 spiro atoms. The molecule has 0 N–H and O–H groups in total. The molecule has 2 rings (SSSR count). The molecule has 0 radical (unpaired) electrons. The van der Waals surface area contributed by atoms with Crippen LogP contribution >= 0.6 is 46.4 Å². The van der Waals surface area contributed by atoms with Gasteiger partial charge in [0.25, 0.3) is 0 Å². The van der Waals surface area contributed by atoms with E-state index in [4.69, 9.17) is 51.1 Å². The van der Waals surface area contributed by atoms with Gasteiger partial charge in [-0.25, -0.2) is 0 Å². The molecule has 0 saturated heterocycles. The second-order valence-electron chi connectivity index (χ2n) is 4.36. The van der Waals surface area contributed by atoms with Crippen molar-refractivity contribution < 1.29 is 4.74 Å². The largest absolute Gasteiger partial charge is 0.377 e. The summed E-state index contributed by atoms with van der Waals surface area (Å²) >= 11 is 25.2. The minimum Gasteiger partial charge on any atom is -0.377 e. The van der Waals surface area contributed by atoms with Crippen LogP contribution in [0, 0.1) is 5.92 Å². The Morgan fingerprint density at radius 3 is 2.56 bits per heavy atom. The van der Waals surface area contributed by atoms with Crippen LogP contribution in [-0.4, -0.2) is 23.0 Å². The van der Waals surface area contributed by atoms with Crippen molar-refractivity contribution in [3.05, 3.63) is 22.7 Å². The van der Waals surface area contributed by atoms with Crippen LogP contribution in [0.4, 0.5) is 0 Å². The average molecular weight is 302 g/mol. The van der Waals surface area contributed by atoms with E-state index in [0.29, 0.717) is 36.1 Å². The van der Waals surface area contributed by atoms with Crippen molar-refractivity contribution in [3.63, 3.8) is 0 Å². The molecule has 0 aromatic rings. The third-order valence-corrected chi connectivity index (χ3v) is 5.74. The molecule has 5 heteroatoms. The molecule has 1 saturated carbocycles. The lowest BCUT2D eigenvalue weighted by Gasteiger charge is -2.29. The predicted octanol–water partition coefficient (Wildman–Crippen LogP) is 4.26. The highest BCUT2D eigenvalue weighted by atomic mass is 35.5. The third kappa shape index (κ3) is 1.81. The number of hydrogen-bond donors (Lipinski definition) is 0. The Kier molecular flexibility index (Phi) is 3.56. The molecule has 2 aliphatic carbocycles. The monoisotopic (exact) mass is 300 g/mol. The first-order chi connectivity index (χ1) is 7.44. The van der Waals surface area contributed by atoms with Crippen LogP contribution in [0.15, 0.2) is 22.7 Å². The van der Waals surface area contributed by atoms with E-state index in [1.807, 2.05) is 0 Å². The number of rotatable bonds is 4. The molecule has 1 fully saturated rings. The number of hydrogen-bond acceptors (Lipinski definition) is 1. The second kappa shape index (κ2) is 4.37. The Bertz CT molecular complexity index is 354. The average Bonchev–Trinajstić information content (AvgIpc) is 2.58. The fraction of sp³-hybridized carbons (Fsp3) is 0.636. The molecule has 0 aliphatic heterocycles. The highest BCUT2D eigenvalue weighted by Gasteiger charge is 2.62. The van der Waals surface area contributed by atoms with E-state index in [-0.39, 0.29) is 5.92 Å². The van der Waals surface area contributed by atoms with E-state index >= 15 is 0 Å². The Morgan fingerprint density at radius 2 is 2.06 bits per heavy atom. The summed E-state index contributed by atoms with van der Waals surface area (Å²) in [5.41, 5.74) is 0. The predicted molar refractivity (Wildman–Crippen MR) is 69.6 cm³/mol. The van der Waals surface area contributed by atoms with Crippen molar-refractivity contribution in [2.24, 2.45) is 5.92 Å². The standard InChI is InChI=1S/C11H12Cl4O/c1-2-3-16-5-7-4-10(14)6-11(7,15)9(13)8(10)12/h2,7H,1,3-6H2/t7-,10-,11-/m1/s1. The maximum atomic E-state index is 6.51. The maximum Gasteiger partial charge on any atom is 0.0884 e. The van der Waals surface area contributed by atoms with Gasteiger partial charge in [0.05, 0.1) is 33.0 Å². The van der Waals surface area contributed by atoms with Gasteiger partial charge in [-0.05, 0) is 12.8 Å². The van der Waals surface area contributed by atoms with Crippen LogP contribution in [0.5, 0.6) is 0 Å². The molecule has 0 amide bonds. The summed E-state index contributed by atoms with van der Waals surface area (Å²) in [4.78, 5) is -1.22. The molecular formula is C11H12Cl4O. The summed E-state index contributed by atoms with van der Waals surface area (Å²) in [7, 11) is 0. The summed E-state index contributed by atoms with van der Waals surface area (Å²) in [6, 6.07) is 0. The zero-order valence-electron chi connectivity index (χ0n) is 8.61. The molecule has 1 nitrogen and oxygen atoms in total. The zero-order chi connectivity index (χ0) is 12.0. The lowest BCUT2D eigenvalue weighted by atomic mass is 9.93. The van der Waals surface area contributed by atoms with Crippen LogP contribution in [0.3, 0.4) is 0 Å². The van der Waals surface area contributed by atoms with Crippen LogP contribution in [0.25, 0.3) is 0 Å². The molecular weight excluding hydrogens is 290 g/mol. The Labute approximate surface area is 115 Å². The second-order valence-corrected chi connectivity index (χ2v) is 6.51. The van der Waals surface area contributed by atoms with Crippen molar-refractivity contribution in [1.82, 2.24) is 0 Å². The van der Waals surface area contributed by atoms with Crippen molar-refractivity contribution in [2.45, 2.75) is 22.6 Å². The van der Waals surface area contributed by atoms with E-state index < -0.39 is 9.75 Å². The maximum absolute atomic E-state index is 6.51. The van der Waals surface area contributed by atoms with E-state index in [9.17, 15) is 0 Å². The topological polar surface area (TPSA) is 9.23 Å². The summed E-state index contributed by atoms with van der Waals surface area (Å²) in [6.07, 6.45) is 3.00. The van der Waals surface area contributed by atoms with Gasteiger partial charge < -0.3 is 4.74 Å². The summed E-state index contributed by atoms with van der Waals surface area (Å²) in [6.45, 7) is 4.63. The van der Waals surface area contributed by atoms with Crippen LogP contribution in [-0.2, 0) is 4.74 Å². The Balaban J connectivity index is 2.14. The first-order valence-corrected chi connectivity index (χ1v) is 6.58. The van der Waals surface area contributed by atoms with Gasteiger partial charge in [0.1, 0.15) is 0 Å². The number of ether oxygens (including phenoxy) is 1. The van der Waals surface area contributed by atoms with Gasteiger partial charge in [0.15, 0.2) is 0 Å². The molecule has 2 aliphatic rings. The molecule has 90 valence electrons. The van der Waals surface area contributed by atoms with Gasteiger partial charge in [0.2, 0.25) is 0 Å². The lowest BCUT2D eigenvalue weighted by Crippen LogP contribution is -2.31. The Morgan fingerprint density at radius 1 is 1.38 bits per heavy atom. The third-order valence-electron chi connectivity index (χ3n) is 3.26. The van der Waals surface area contributed by atoms with E-state index in [1.54, 1.807) is 6.08 Å². The van der Waals surface area contributed by atoms with Crippen molar-refractivity contribution in [3.8, 4) is 0 Å². The number of halogens is 4. The smallest absolute Gasteiger partial charge is 0.0884 e. The molecule has 2 bridgehead atoms. The molecule has 0 heterocycles. The summed E-state index contributed by atoms with van der Waals surface area (Å²) in [5.74, 6) is 0.113. The van der Waals surface area contributed by atoms with Crippen LogP contribution in [0.2, 0.25) is 0 Å². The minimum atomic E-state index is -0.637. The van der Waals surface area contributed by atoms with Gasteiger partial charge in [-0.2, -0.15) is 0 Å². The molecule has 3 atom stereocenters. The number of alkyl halides is 2. The van der Waals surface area contributed by atoms with Gasteiger partial charge in [0, 0.05) is 5.92 Å². The SMILES string of the molecule is C=CCOC[C@H]1C[C@@]2(Cl)C[C@]1(Cl)C(Cl)=C2Cl. The van der Waals surface area contributed by atoms with E-state index in [1.165, 1.54) is 0 Å². The van der Waals surface area contributed by atoms with E-state index in [0.717, 1.165) is 0 Å². The molecule has 0 aromatic carbocycles. The highest BCUT2D eigenvalue weighted by molar-refractivity contribution is 6.50. The number of allylic oxidation sites excluding steroid dienone is 2. The van der Waals surface area contributed by atoms with Crippen molar-refractivity contribution in [2.75, 3.05) is 13.2 Å². The molecule has 0 unspecified atom stereocenters. The summed E-state index contributed by atoms with van der Waals surface area (Å²) in [5, 5.41) is 0.995. The minimum absolute atomic E-state index is 0.113. The summed E-state index contributed by atoms with van der Waals surface area (Å²) < 4.78 is 5.43. The van der Waals surface area contributed by atoms with Gasteiger partial charge >= 0.3 is 0 Å². The molecule has 0 aromatic heterocycles. The zero-order valence-corrected chi connectivity index (χ0v) is 11.6.